The highest BCUT2D eigenvalue weighted by atomic mass is 19.4. The van der Waals surface area contributed by atoms with Crippen LogP contribution in [0.5, 0.6) is 5.75 Å². The van der Waals surface area contributed by atoms with E-state index in [0.29, 0.717) is 5.92 Å². The zero-order chi connectivity index (χ0) is 25.7. The van der Waals surface area contributed by atoms with Crippen LogP contribution in [0.2, 0.25) is 0 Å². The molecule has 0 bridgehead atoms. The molecule has 2 fully saturated rings. The summed E-state index contributed by atoms with van der Waals surface area (Å²) in [6.45, 7) is 0.189. The lowest BCUT2D eigenvalue weighted by molar-refractivity contribution is -0.358. The SMILES string of the molecule is CCCC1CCC(C2CCC(C=Cc3ccc(OCC(F)(F)C(F)(F)C(F)(F)F)cc3)CC2)CC1. The lowest BCUT2D eigenvalue weighted by Gasteiger charge is -2.37. The van der Waals surface area contributed by atoms with Gasteiger partial charge in [0, 0.05) is 0 Å². The van der Waals surface area contributed by atoms with Gasteiger partial charge in [0.05, 0.1) is 0 Å². The summed E-state index contributed by atoms with van der Waals surface area (Å²) in [5.74, 6) is -8.67. The van der Waals surface area contributed by atoms with E-state index in [1.54, 1.807) is 12.1 Å². The highest BCUT2D eigenvalue weighted by molar-refractivity contribution is 5.50. The van der Waals surface area contributed by atoms with Gasteiger partial charge in [-0.2, -0.15) is 30.7 Å². The maximum Gasteiger partial charge on any atom is 0.460 e. The molecule has 3 rings (SSSR count). The number of rotatable bonds is 9. The van der Waals surface area contributed by atoms with Crippen molar-refractivity contribution in [1.29, 1.82) is 0 Å². The second-order valence-electron chi connectivity index (χ2n) is 10.2. The molecule has 0 N–H and O–H groups in total. The first-order valence-corrected chi connectivity index (χ1v) is 12.7. The third kappa shape index (κ3) is 7.16. The van der Waals surface area contributed by atoms with Crippen LogP contribution in [0.4, 0.5) is 30.7 Å². The molecule has 198 valence electrons. The molecule has 0 amide bonds. The Morgan fingerprint density at radius 1 is 0.800 bits per heavy atom. The maximum atomic E-state index is 13.4. The zero-order valence-electron chi connectivity index (χ0n) is 20.1. The van der Waals surface area contributed by atoms with E-state index in [4.69, 9.17) is 0 Å². The molecule has 8 heteroatoms. The highest BCUT2D eigenvalue weighted by Gasteiger charge is 2.73. The standard InChI is InChI=1S/C27H35F7O/c1-2-3-19-6-12-22(13-7-19)23-14-8-20(9-15-23)4-5-21-10-16-24(17-11-21)35-18-25(28,29)26(30,31)27(32,33)34/h4-5,10-11,16-17,19-20,22-23H,2-3,6-9,12-15,18H2,1H3. The Kier molecular flexibility index (Phi) is 9.19. The van der Waals surface area contributed by atoms with E-state index in [2.05, 4.69) is 17.7 Å². The van der Waals surface area contributed by atoms with Crippen molar-refractivity contribution in [1.82, 2.24) is 0 Å². The molecule has 2 aliphatic carbocycles. The molecule has 0 aromatic heterocycles. The van der Waals surface area contributed by atoms with Crippen LogP contribution in [0.15, 0.2) is 30.3 Å². The smallest absolute Gasteiger partial charge is 0.460 e. The van der Waals surface area contributed by atoms with Crippen LogP contribution in [-0.2, 0) is 0 Å². The van der Waals surface area contributed by atoms with Crippen molar-refractivity contribution in [3.8, 4) is 5.75 Å². The molecule has 0 unspecified atom stereocenters. The molecule has 1 aromatic rings. The van der Waals surface area contributed by atoms with Crippen molar-refractivity contribution in [3.05, 3.63) is 35.9 Å². The Hall–Kier alpha value is -1.73. The van der Waals surface area contributed by atoms with Gasteiger partial charge >= 0.3 is 18.0 Å². The van der Waals surface area contributed by atoms with Crippen LogP contribution in [0.1, 0.15) is 76.7 Å². The first kappa shape index (κ1) is 27.9. The number of benzene rings is 1. The summed E-state index contributed by atoms with van der Waals surface area (Å²) < 4.78 is 93.8. The van der Waals surface area contributed by atoms with Gasteiger partial charge in [0.15, 0.2) is 6.61 Å². The molecule has 0 heterocycles. The van der Waals surface area contributed by atoms with Crippen molar-refractivity contribution in [3.63, 3.8) is 0 Å². The minimum absolute atomic E-state index is 0.200. The van der Waals surface area contributed by atoms with E-state index in [9.17, 15) is 30.7 Å². The summed E-state index contributed by atoms with van der Waals surface area (Å²) in [6, 6.07) is 5.69. The molecule has 0 saturated heterocycles. The van der Waals surface area contributed by atoms with Gasteiger partial charge in [-0.25, -0.2) is 0 Å². The average Bonchev–Trinajstić information content (AvgIpc) is 2.82. The lowest BCUT2D eigenvalue weighted by Crippen LogP contribution is -2.54. The van der Waals surface area contributed by atoms with E-state index in [0.717, 1.165) is 36.2 Å². The minimum Gasteiger partial charge on any atom is -0.487 e. The third-order valence-electron chi connectivity index (χ3n) is 7.75. The quantitative estimate of drug-likeness (QED) is 0.302. The van der Waals surface area contributed by atoms with Gasteiger partial charge in [0.25, 0.3) is 0 Å². The molecule has 2 aliphatic rings. The van der Waals surface area contributed by atoms with Gasteiger partial charge in [-0.15, -0.1) is 0 Å². The van der Waals surface area contributed by atoms with Crippen molar-refractivity contribution >= 4 is 6.08 Å². The molecule has 0 atom stereocenters. The maximum absolute atomic E-state index is 13.4. The average molecular weight is 509 g/mol. The molecular formula is C27H35F7O. The van der Waals surface area contributed by atoms with Crippen LogP contribution >= 0.6 is 0 Å². The summed E-state index contributed by atoms with van der Waals surface area (Å²) in [4.78, 5) is 0. The van der Waals surface area contributed by atoms with Crippen molar-refractivity contribution < 1.29 is 35.5 Å². The van der Waals surface area contributed by atoms with Crippen LogP contribution in [-0.4, -0.2) is 24.6 Å². The molecule has 1 aromatic carbocycles. The number of hydrogen-bond acceptors (Lipinski definition) is 1. The number of ether oxygens (including phenoxy) is 1. The van der Waals surface area contributed by atoms with E-state index >= 15 is 0 Å². The highest BCUT2D eigenvalue weighted by Crippen LogP contribution is 2.46. The summed E-state index contributed by atoms with van der Waals surface area (Å²) in [5.41, 5.74) is 0.779. The zero-order valence-corrected chi connectivity index (χ0v) is 20.1. The van der Waals surface area contributed by atoms with Crippen LogP contribution in [0.3, 0.4) is 0 Å². The number of halogens is 7. The van der Waals surface area contributed by atoms with E-state index in [1.165, 1.54) is 63.5 Å². The van der Waals surface area contributed by atoms with Crippen LogP contribution in [0.25, 0.3) is 6.08 Å². The van der Waals surface area contributed by atoms with E-state index in [1.807, 2.05) is 6.08 Å². The third-order valence-corrected chi connectivity index (χ3v) is 7.75. The first-order chi connectivity index (χ1) is 16.4. The van der Waals surface area contributed by atoms with Gasteiger partial charge in [0.2, 0.25) is 0 Å². The van der Waals surface area contributed by atoms with Crippen LogP contribution < -0.4 is 4.74 Å². The summed E-state index contributed by atoms with van der Waals surface area (Å²) in [6.07, 6.45) is 10.6. The molecule has 35 heavy (non-hydrogen) atoms. The number of alkyl halides is 7. The largest absolute Gasteiger partial charge is 0.487 e. The van der Waals surface area contributed by atoms with Gasteiger partial charge in [-0.3, -0.25) is 0 Å². The number of hydrogen-bond donors (Lipinski definition) is 0. The van der Waals surface area contributed by atoms with Gasteiger partial charge in [0.1, 0.15) is 5.75 Å². The molecule has 0 spiro atoms. The Morgan fingerprint density at radius 2 is 1.34 bits per heavy atom. The fourth-order valence-corrected chi connectivity index (χ4v) is 5.56. The molecule has 0 radical (unpaired) electrons. The second-order valence-corrected chi connectivity index (χ2v) is 10.2. The van der Waals surface area contributed by atoms with Crippen molar-refractivity contribution in [2.45, 2.75) is 89.2 Å². The monoisotopic (exact) mass is 508 g/mol. The van der Waals surface area contributed by atoms with Crippen molar-refractivity contribution in [2.75, 3.05) is 6.61 Å². The summed E-state index contributed by atoms with van der Waals surface area (Å²) in [5, 5.41) is 0. The predicted octanol–water partition coefficient (Wildman–Crippen LogP) is 9.32. The molecule has 0 aliphatic heterocycles. The Morgan fingerprint density at radius 3 is 1.86 bits per heavy atom. The molecular weight excluding hydrogens is 473 g/mol. The fraction of sp³-hybridized carbons (Fsp3) is 0.704. The number of allylic oxidation sites excluding steroid dienone is 1. The predicted molar refractivity (Wildman–Crippen MR) is 123 cm³/mol. The fourth-order valence-electron chi connectivity index (χ4n) is 5.56. The van der Waals surface area contributed by atoms with Gasteiger partial charge in [-0.05, 0) is 79.9 Å². The summed E-state index contributed by atoms with van der Waals surface area (Å²) >= 11 is 0. The topological polar surface area (TPSA) is 9.23 Å². The first-order valence-electron chi connectivity index (χ1n) is 12.7. The Bertz CT molecular complexity index is 800. The normalized spacial score (nSPS) is 26.7. The van der Waals surface area contributed by atoms with Gasteiger partial charge in [-0.1, -0.05) is 56.9 Å². The lowest BCUT2D eigenvalue weighted by atomic mass is 9.68. The van der Waals surface area contributed by atoms with Crippen LogP contribution in [0, 0.1) is 23.7 Å². The second kappa shape index (κ2) is 11.5. The minimum atomic E-state index is -6.36. The molecule has 1 nitrogen and oxygen atoms in total. The Balaban J connectivity index is 1.43. The van der Waals surface area contributed by atoms with E-state index in [-0.39, 0.29) is 5.75 Å². The Labute approximate surface area is 203 Å². The van der Waals surface area contributed by atoms with Crippen molar-refractivity contribution in [2.24, 2.45) is 23.7 Å². The van der Waals surface area contributed by atoms with Gasteiger partial charge < -0.3 is 4.74 Å². The van der Waals surface area contributed by atoms with E-state index < -0.39 is 24.6 Å². The molecule has 2 saturated carbocycles. The summed E-state index contributed by atoms with van der Waals surface area (Å²) in [7, 11) is 0.